The first-order chi connectivity index (χ1) is 14.7. The van der Waals surface area contributed by atoms with E-state index in [4.69, 9.17) is 35.3 Å². The topological polar surface area (TPSA) is 126 Å². The number of hydrogen-bond donors (Lipinski definition) is 1. The van der Waals surface area contributed by atoms with E-state index in [9.17, 15) is 19.2 Å². The second kappa shape index (κ2) is 11.5. The van der Waals surface area contributed by atoms with E-state index >= 15 is 0 Å². The Morgan fingerprint density at radius 3 is 2.13 bits per heavy atom. The van der Waals surface area contributed by atoms with Crippen molar-refractivity contribution in [3.05, 3.63) is 35.9 Å². The fourth-order valence-electron chi connectivity index (χ4n) is 2.94. The molecule has 0 aliphatic carbocycles. The predicted octanol–water partition coefficient (Wildman–Crippen LogP) is 1.67. The summed E-state index contributed by atoms with van der Waals surface area (Å²) in [4.78, 5) is 46.8. The third kappa shape index (κ3) is 7.72. The normalized spacial score (nSPS) is 25.1. The van der Waals surface area contributed by atoms with Gasteiger partial charge in [0.25, 0.3) is 0 Å². The number of alkyl carbamates (subject to hydrolysis) is 1. The Morgan fingerprint density at radius 2 is 1.55 bits per heavy atom. The van der Waals surface area contributed by atoms with Gasteiger partial charge in [0.1, 0.15) is 25.4 Å². The molecular weight excluding hydrogens is 434 g/mol. The van der Waals surface area contributed by atoms with Crippen molar-refractivity contribution in [3.63, 3.8) is 0 Å². The second-order valence-corrected chi connectivity index (χ2v) is 7.14. The smallest absolute Gasteiger partial charge is 0.407 e. The first-order valence-electron chi connectivity index (χ1n) is 9.42. The van der Waals surface area contributed by atoms with Crippen LogP contribution in [0.5, 0.6) is 0 Å². The molecule has 1 aromatic carbocycles. The summed E-state index contributed by atoms with van der Waals surface area (Å²) in [6.45, 7) is 3.18. The summed E-state index contributed by atoms with van der Waals surface area (Å²) < 4.78 is 26.2. The number of benzene rings is 1. The Balaban J connectivity index is 2.16. The summed E-state index contributed by atoms with van der Waals surface area (Å²) in [6, 6.07) is 7.85. The summed E-state index contributed by atoms with van der Waals surface area (Å²) in [5, 5.41) is 2.49. The van der Waals surface area contributed by atoms with Crippen molar-refractivity contribution in [3.8, 4) is 0 Å². The molecule has 0 radical (unpaired) electrons. The number of esters is 3. The van der Waals surface area contributed by atoms with Crippen LogP contribution >= 0.6 is 11.6 Å². The van der Waals surface area contributed by atoms with Gasteiger partial charge in [-0.2, -0.15) is 0 Å². The number of ether oxygens (including phenoxy) is 5. The Kier molecular flexibility index (Phi) is 9.07. The van der Waals surface area contributed by atoms with Crippen molar-refractivity contribution in [1.82, 2.24) is 5.32 Å². The molecule has 1 aliphatic rings. The molecule has 5 atom stereocenters. The van der Waals surface area contributed by atoms with Gasteiger partial charge in [-0.1, -0.05) is 41.9 Å². The SMILES string of the molecule is CC(=O)OC[C@H]1O[C@H](Cl)[C@H](NC(=O)OCc2ccccc2)[C@@H](OC(C)=O)[C@@H]1OC(C)=O. The van der Waals surface area contributed by atoms with Gasteiger partial charge < -0.3 is 29.0 Å². The number of halogens is 1. The fourth-order valence-corrected chi connectivity index (χ4v) is 3.28. The van der Waals surface area contributed by atoms with Gasteiger partial charge in [0, 0.05) is 20.8 Å². The van der Waals surface area contributed by atoms with Gasteiger partial charge in [-0.25, -0.2) is 4.79 Å². The maximum Gasteiger partial charge on any atom is 0.407 e. The molecule has 0 unspecified atom stereocenters. The van der Waals surface area contributed by atoms with Crippen molar-refractivity contribution in [2.75, 3.05) is 6.61 Å². The molecule has 1 N–H and O–H groups in total. The molecule has 0 bridgehead atoms. The second-order valence-electron chi connectivity index (χ2n) is 6.71. The number of amides is 1. The maximum atomic E-state index is 12.3. The molecule has 1 saturated heterocycles. The monoisotopic (exact) mass is 457 g/mol. The van der Waals surface area contributed by atoms with Crippen LogP contribution in [0.1, 0.15) is 26.3 Å². The van der Waals surface area contributed by atoms with Crippen LogP contribution in [0.25, 0.3) is 0 Å². The highest BCUT2D eigenvalue weighted by Gasteiger charge is 2.50. The van der Waals surface area contributed by atoms with E-state index in [2.05, 4.69) is 5.32 Å². The Labute approximate surface area is 184 Å². The number of hydrogen-bond acceptors (Lipinski definition) is 9. The summed E-state index contributed by atoms with van der Waals surface area (Å²) >= 11 is 6.27. The highest BCUT2D eigenvalue weighted by Crippen LogP contribution is 2.29. The van der Waals surface area contributed by atoms with Crippen molar-refractivity contribution in [2.45, 2.75) is 57.3 Å². The zero-order chi connectivity index (χ0) is 23.0. The summed E-state index contributed by atoms with van der Waals surface area (Å²) in [6.07, 6.45) is -4.30. The van der Waals surface area contributed by atoms with Gasteiger partial charge >= 0.3 is 24.0 Å². The summed E-state index contributed by atoms with van der Waals surface area (Å²) in [5.74, 6) is -1.99. The molecule has 0 saturated carbocycles. The minimum absolute atomic E-state index is 0.00607. The van der Waals surface area contributed by atoms with E-state index in [1.165, 1.54) is 6.92 Å². The van der Waals surface area contributed by atoms with Crippen molar-refractivity contribution >= 4 is 35.6 Å². The average molecular weight is 458 g/mol. The standard InChI is InChI=1S/C20H24ClNO9/c1-11(23)27-10-15-17(29-12(2)24)18(30-13(3)25)16(19(21)31-15)22-20(26)28-9-14-7-5-4-6-8-14/h4-8,15-19H,9-10H2,1-3H3,(H,22,26)/t15-,16-,17-,18-,19+/m1/s1. The zero-order valence-corrected chi connectivity index (χ0v) is 18.0. The number of alkyl halides is 1. The van der Waals surface area contributed by atoms with Crippen LogP contribution in [0.4, 0.5) is 4.79 Å². The maximum absolute atomic E-state index is 12.3. The average Bonchev–Trinajstić information content (AvgIpc) is 2.70. The molecule has 10 nitrogen and oxygen atoms in total. The van der Waals surface area contributed by atoms with Crippen molar-refractivity contribution in [2.24, 2.45) is 0 Å². The van der Waals surface area contributed by atoms with Crippen LogP contribution in [-0.2, 0) is 44.7 Å². The highest BCUT2D eigenvalue weighted by molar-refractivity contribution is 6.20. The van der Waals surface area contributed by atoms with Gasteiger partial charge in [-0.3, -0.25) is 14.4 Å². The predicted molar refractivity (Wildman–Crippen MR) is 106 cm³/mol. The van der Waals surface area contributed by atoms with E-state index in [0.29, 0.717) is 0 Å². The Bertz CT molecular complexity index is 788. The van der Waals surface area contributed by atoms with Crippen LogP contribution in [0, 0.1) is 0 Å². The van der Waals surface area contributed by atoms with Gasteiger partial charge in [0.05, 0.1) is 0 Å². The van der Waals surface area contributed by atoms with E-state index in [-0.39, 0.29) is 13.2 Å². The van der Waals surface area contributed by atoms with Crippen LogP contribution < -0.4 is 5.32 Å². The number of nitrogens with one attached hydrogen (secondary N) is 1. The highest BCUT2D eigenvalue weighted by atomic mass is 35.5. The van der Waals surface area contributed by atoms with Crippen LogP contribution in [0.2, 0.25) is 0 Å². The van der Waals surface area contributed by atoms with Gasteiger partial charge in [-0.05, 0) is 5.56 Å². The quantitative estimate of drug-likeness (QED) is 0.369. The van der Waals surface area contributed by atoms with Crippen molar-refractivity contribution < 1.29 is 42.9 Å². The zero-order valence-electron chi connectivity index (χ0n) is 17.2. The van der Waals surface area contributed by atoms with E-state index in [1.807, 2.05) is 6.07 Å². The van der Waals surface area contributed by atoms with Gasteiger partial charge in [0.2, 0.25) is 0 Å². The molecule has 11 heteroatoms. The molecule has 1 fully saturated rings. The molecule has 1 aromatic rings. The third-order valence-corrected chi connectivity index (χ3v) is 4.56. The Morgan fingerprint density at radius 1 is 0.935 bits per heavy atom. The third-order valence-electron chi connectivity index (χ3n) is 4.18. The molecule has 31 heavy (non-hydrogen) atoms. The van der Waals surface area contributed by atoms with E-state index in [1.54, 1.807) is 24.3 Å². The molecule has 2 rings (SSSR count). The van der Waals surface area contributed by atoms with E-state index < -0.39 is 53.9 Å². The fraction of sp³-hybridized carbons (Fsp3) is 0.500. The molecule has 1 aliphatic heterocycles. The van der Waals surface area contributed by atoms with Crippen LogP contribution in [0.3, 0.4) is 0 Å². The van der Waals surface area contributed by atoms with Crippen LogP contribution in [0.15, 0.2) is 30.3 Å². The summed E-state index contributed by atoms with van der Waals surface area (Å²) in [5.41, 5.74) is -0.447. The van der Waals surface area contributed by atoms with E-state index in [0.717, 1.165) is 19.4 Å². The molecule has 170 valence electrons. The largest absolute Gasteiger partial charge is 0.463 e. The lowest BCUT2D eigenvalue weighted by molar-refractivity contribution is -0.212. The molecule has 0 aromatic heterocycles. The lowest BCUT2D eigenvalue weighted by Gasteiger charge is -2.43. The van der Waals surface area contributed by atoms with Crippen molar-refractivity contribution in [1.29, 1.82) is 0 Å². The minimum atomic E-state index is -1.22. The molecule has 1 amide bonds. The first kappa shape index (κ1) is 24.4. The van der Waals surface area contributed by atoms with Gasteiger partial charge in [0.15, 0.2) is 17.8 Å². The lowest BCUT2D eigenvalue weighted by atomic mass is 9.97. The lowest BCUT2D eigenvalue weighted by Crippen LogP contribution is -2.65. The summed E-state index contributed by atoms with van der Waals surface area (Å²) in [7, 11) is 0. The molecule has 0 spiro atoms. The molecule has 1 heterocycles. The number of rotatable bonds is 7. The van der Waals surface area contributed by atoms with Gasteiger partial charge in [-0.15, -0.1) is 0 Å². The molecular formula is C20H24ClNO9. The number of carbonyl (C=O) groups is 4. The van der Waals surface area contributed by atoms with Crippen LogP contribution in [-0.4, -0.2) is 60.5 Å². The minimum Gasteiger partial charge on any atom is -0.463 e. The first-order valence-corrected chi connectivity index (χ1v) is 9.85. The Hall–Kier alpha value is -2.85. The number of carbonyl (C=O) groups excluding carboxylic acids is 4.